The number of benzene rings is 4. The Hall–Kier alpha value is -7.14. The first kappa shape index (κ1) is 51.4. The molecular weight excluding hydrogens is 975 g/mol. The molecule has 6 aromatic rings. The summed E-state index contributed by atoms with van der Waals surface area (Å²) in [5.41, 5.74) is 13.5. The highest BCUT2D eigenvalue weighted by Crippen LogP contribution is 2.54. The number of nitrogens with one attached hydrogen (secondary N) is 3. The van der Waals surface area contributed by atoms with Crippen LogP contribution in [0.5, 0.6) is 23.0 Å². The maximum atomic E-state index is 13.5. The zero-order chi connectivity index (χ0) is 53.5. The van der Waals surface area contributed by atoms with E-state index >= 15 is 0 Å². The summed E-state index contributed by atoms with van der Waals surface area (Å²) in [6, 6.07) is 27.3. The van der Waals surface area contributed by atoms with Crippen molar-refractivity contribution in [2.75, 3.05) is 0 Å². The Morgan fingerprint density at radius 2 is 1.09 bits per heavy atom. The number of hydrazone groups is 1. The Balaban J connectivity index is 0.000000172. The van der Waals surface area contributed by atoms with Crippen molar-refractivity contribution in [2.24, 2.45) is 5.10 Å². The number of ketones is 2. The number of amidine groups is 1. The third kappa shape index (κ3) is 10.3. The number of hydrogen-bond donors (Lipinski definition) is 5. The highest BCUT2D eigenvalue weighted by molar-refractivity contribution is 5.96. The number of aliphatic hydroxyl groups excluding tert-OH is 2. The number of halogens is 4. The van der Waals surface area contributed by atoms with Crippen LogP contribution in [0.1, 0.15) is 114 Å². The molecular formula is C56H59F4N7O8. The van der Waals surface area contributed by atoms with Crippen molar-refractivity contribution in [3.05, 3.63) is 119 Å². The van der Waals surface area contributed by atoms with Crippen molar-refractivity contribution in [1.29, 1.82) is 5.26 Å². The van der Waals surface area contributed by atoms with Crippen LogP contribution in [0.2, 0.25) is 0 Å². The van der Waals surface area contributed by atoms with Gasteiger partial charge < -0.3 is 38.3 Å². The monoisotopic (exact) mass is 1030 g/mol. The van der Waals surface area contributed by atoms with E-state index in [1.54, 1.807) is 12.1 Å². The summed E-state index contributed by atoms with van der Waals surface area (Å²) in [5.74, 6) is 0.561. The van der Waals surface area contributed by atoms with Gasteiger partial charge in [-0.1, -0.05) is 65.8 Å². The van der Waals surface area contributed by atoms with Crippen LogP contribution in [-0.4, -0.2) is 61.5 Å². The predicted molar refractivity (Wildman–Crippen MR) is 270 cm³/mol. The fourth-order valence-electron chi connectivity index (χ4n) is 10.6. The number of ether oxygens (including phenoxy) is 4. The molecule has 5 N–H and O–H groups in total. The van der Waals surface area contributed by atoms with Crippen molar-refractivity contribution in [3.63, 3.8) is 0 Å². The first-order valence-electron chi connectivity index (χ1n) is 25.0. The molecule has 0 spiro atoms. The average molecular weight is 1030 g/mol. The summed E-state index contributed by atoms with van der Waals surface area (Å²) < 4.78 is 76.2. The van der Waals surface area contributed by atoms with E-state index in [1.807, 2.05) is 47.0 Å². The predicted octanol–water partition coefficient (Wildman–Crippen LogP) is 9.16. The second kappa shape index (κ2) is 18.6. The van der Waals surface area contributed by atoms with Crippen LogP contribution in [0.15, 0.2) is 90.0 Å². The highest BCUT2D eigenvalue weighted by Gasteiger charge is 2.53. The molecule has 5 heterocycles. The molecule has 4 aromatic carbocycles. The molecule has 19 heteroatoms. The molecule has 5 aliphatic rings. The summed E-state index contributed by atoms with van der Waals surface area (Å²) in [5, 5.41) is 36.0. The van der Waals surface area contributed by atoms with Gasteiger partial charge in [0.1, 0.15) is 17.4 Å². The van der Waals surface area contributed by atoms with Gasteiger partial charge >= 0.3 is 12.6 Å². The summed E-state index contributed by atoms with van der Waals surface area (Å²) in [4.78, 5) is 26.9. The fraction of sp³-hybridized carbons (Fsp3) is 0.429. The van der Waals surface area contributed by atoms with Crippen LogP contribution in [0, 0.1) is 11.3 Å². The van der Waals surface area contributed by atoms with E-state index in [2.05, 4.69) is 98.8 Å². The Morgan fingerprint density at radius 3 is 1.49 bits per heavy atom. The zero-order valence-corrected chi connectivity index (χ0v) is 42.5. The quantitative estimate of drug-likeness (QED) is 0.0614. The van der Waals surface area contributed by atoms with Gasteiger partial charge in [-0.2, -0.15) is 5.26 Å². The largest absolute Gasteiger partial charge is 0.586 e. The number of hydrogen-bond acceptors (Lipinski definition) is 13. The molecule has 0 radical (unpaired) electrons. The normalized spacial score (nSPS) is 18.8. The van der Waals surface area contributed by atoms with Crippen molar-refractivity contribution in [1.82, 2.24) is 25.6 Å². The number of rotatable bonds is 15. The first-order chi connectivity index (χ1) is 35.3. The molecule has 2 atom stereocenters. The molecule has 2 saturated carbocycles. The first-order valence-corrected chi connectivity index (χ1v) is 25.0. The minimum Gasteiger partial charge on any atom is -0.395 e. The fourth-order valence-corrected chi connectivity index (χ4v) is 10.6. The van der Waals surface area contributed by atoms with E-state index in [4.69, 9.17) is 5.26 Å². The second-order valence-electron chi connectivity index (χ2n) is 22.4. The smallest absolute Gasteiger partial charge is 0.395 e. The van der Waals surface area contributed by atoms with Gasteiger partial charge in [-0.05, 0) is 109 Å². The molecule has 2 aromatic heterocycles. The van der Waals surface area contributed by atoms with Crippen LogP contribution in [0.25, 0.3) is 21.8 Å². The summed E-state index contributed by atoms with van der Waals surface area (Å²) in [6.07, 6.45) is -5.32. The lowest BCUT2D eigenvalue weighted by atomic mass is 9.87. The molecule has 2 unspecified atom stereocenters. The number of hydrazine groups is 2. The number of carbonyl (C=O) groups is 2. The Kier molecular flexibility index (Phi) is 12.7. The Bertz CT molecular complexity index is 3320. The number of Topliss-reactive ketones (excluding diaryl/α,β-unsaturated/α-hetero) is 2. The second-order valence-corrected chi connectivity index (χ2v) is 22.4. The number of aliphatic hydroxyl groups is 2. The molecule has 15 nitrogen and oxygen atoms in total. The highest BCUT2D eigenvalue weighted by atomic mass is 19.3. The Labute approximate surface area is 430 Å². The van der Waals surface area contributed by atoms with Gasteiger partial charge in [-0.3, -0.25) is 15.0 Å². The van der Waals surface area contributed by atoms with Gasteiger partial charge in [0.05, 0.1) is 35.5 Å². The molecule has 75 heavy (non-hydrogen) atoms. The molecule has 2 aliphatic carbocycles. The van der Waals surface area contributed by atoms with Gasteiger partial charge in [0.2, 0.25) is 0 Å². The molecule has 0 saturated heterocycles. The van der Waals surface area contributed by atoms with Crippen LogP contribution in [0.3, 0.4) is 0 Å². The SMILES string of the molecule is CC(C)(C)c1cc2cc(CC(=O)C3(c4ccc5c(c4)OC(F)(F)O5)CC3)ccc2n1CC(O)CC#N.CC(C)(C)c1cc2cc(CC(=O)C3(c4ccc5c(c4)OC(F)(F)O5)CC3)ccc2n1CC(O)CC1=NNNN1. The minimum absolute atomic E-state index is 0.0254. The topological polar surface area (TPSA) is 194 Å². The number of nitriles is 1. The van der Waals surface area contributed by atoms with E-state index in [1.165, 1.54) is 24.3 Å². The third-order valence-electron chi connectivity index (χ3n) is 14.7. The minimum atomic E-state index is -3.69. The van der Waals surface area contributed by atoms with E-state index < -0.39 is 35.6 Å². The molecule has 2 fully saturated rings. The lowest BCUT2D eigenvalue weighted by molar-refractivity contribution is -0.287. The number of carbonyl (C=O) groups excluding carboxylic acids is 2. The molecule has 0 amide bonds. The summed E-state index contributed by atoms with van der Waals surface area (Å²) in [7, 11) is 0. The van der Waals surface area contributed by atoms with E-state index in [0.717, 1.165) is 44.3 Å². The third-order valence-corrected chi connectivity index (χ3v) is 14.7. The molecule has 11 rings (SSSR count). The van der Waals surface area contributed by atoms with E-state index in [0.29, 0.717) is 62.2 Å². The van der Waals surface area contributed by atoms with Crippen LogP contribution >= 0.6 is 0 Å². The lowest BCUT2D eigenvalue weighted by Crippen LogP contribution is -2.36. The van der Waals surface area contributed by atoms with Gasteiger partial charge in [-0.25, -0.2) is 5.53 Å². The van der Waals surface area contributed by atoms with Crippen molar-refractivity contribution < 1.29 is 56.3 Å². The summed E-state index contributed by atoms with van der Waals surface area (Å²) in [6.45, 7) is 13.4. The van der Waals surface area contributed by atoms with Crippen molar-refractivity contribution >= 4 is 39.2 Å². The van der Waals surface area contributed by atoms with Crippen molar-refractivity contribution in [2.45, 2.75) is 152 Å². The average Bonchev–Trinajstić information content (AvgIpc) is 4.06. The zero-order valence-electron chi connectivity index (χ0n) is 42.5. The van der Waals surface area contributed by atoms with E-state index in [-0.39, 0.29) is 64.7 Å². The summed E-state index contributed by atoms with van der Waals surface area (Å²) >= 11 is 0. The number of nitrogens with zero attached hydrogens (tertiary/aromatic N) is 4. The lowest BCUT2D eigenvalue weighted by Gasteiger charge is -2.23. The maximum Gasteiger partial charge on any atom is 0.586 e. The van der Waals surface area contributed by atoms with E-state index in [9.17, 15) is 37.4 Å². The van der Waals surface area contributed by atoms with Crippen molar-refractivity contribution in [3.8, 4) is 29.1 Å². The van der Waals surface area contributed by atoms with Gasteiger partial charge in [0.15, 0.2) is 23.0 Å². The number of fused-ring (bicyclic) bond motifs is 4. The van der Waals surface area contributed by atoms with Gasteiger partial charge in [0, 0.05) is 76.4 Å². The van der Waals surface area contributed by atoms with Crippen LogP contribution in [0.4, 0.5) is 17.6 Å². The standard InChI is InChI=1S/C28H31F2N5O4.C28H28F2N2O4/c1-26(2,3)23-12-17-10-16(4-6-20(17)35(23)15-19(36)14-25-31-33-34-32-25)11-24(37)27(8-9-27)18-5-7-21-22(13-18)39-28(29,30)38-21;1-26(2,3)24-14-18-12-17(4-6-21(18)32(24)16-20(33)8-11-31)13-25(34)27(9-10-27)19-5-7-22-23(15-19)36-28(29,30)35-22/h4-7,10,12-13,19,33-34,36H,8-9,11,14-15H2,1-3H3,(H,31,32);4-7,12,14-15,20,33H,8-10,13,16H2,1-3H3. The molecule has 3 aliphatic heterocycles. The maximum absolute atomic E-state index is 13.5. The van der Waals surface area contributed by atoms with Crippen LogP contribution < -0.4 is 35.4 Å². The molecule has 394 valence electrons. The number of alkyl halides is 4. The molecule has 0 bridgehead atoms. The van der Waals surface area contributed by atoms with Gasteiger partial charge in [0.25, 0.3) is 0 Å². The van der Waals surface area contributed by atoms with Gasteiger partial charge in [-0.15, -0.1) is 28.2 Å². The number of aromatic nitrogens is 2. The Morgan fingerprint density at radius 1 is 0.653 bits per heavy atom. The van der Waals surface area contributed by atoms with Crippen LogP contribution in [-0.2, 0) is 57.2 Å².